The molecular weight excluding hydrogens is 558 g/mol. The number of alkyl halides is 6. The molecule has 0 bridgehead atoms. The maximum atomic E-state index is 13.1. The topological polar surface area (TPSA) is 69.1 Å². The summed E-state index contributed by atoms with van der Waals surface area (Å²) in [6, 6.07) is 11.4. The number of rotatable bonds is 9. The number of hydrogen-bond acceptors (Lipinski definition) is 6. The third kappa shape index (κ3) is 7.63. The number of carbonyl (C=O) groups excluding carboxylic acids is 1. The molecule has 2 unspecified atom stereocenters. The van der Waals surface area contributed by atoms with Crippen molar-refractivity contribution in [1.82, 2.24) is 19.4 Å². The van der Waals surface area contributed by atoms with Crippen molar-refractivity contribution >= 4 is 6.09 Å². The minimum atomic E-state index is -4.85. The Morgan fingerprint density at radius 3 is 2.37 bits per heavy atom. The molecule has 14 heteroatoms. The summed E-state index contributed by atoms with van der Waals surface area (Å²) in [5.74, 6) is -0.0529. The van der Waals surface area contributed by atoms with Crippen molar-refractivity contribution < 1.29 is 45.3 Å². The number of halogens is 6. The van der Waals surface area contributed by atoms with E-state index in [1.807, 2.05) is 4.90 Å². The van der Waals surface area contributed by atoms with Gasteiger partial charge >= 0.3 is 18.8 Å². The lowest BCUT2D eigenvalue weighted by molar-refractivity contribution is -0.275. The number of carbonyl (C=O) groups is 1. The molecule has 3 aromatic rings. The van der Waals surface area contributed by atoms with Crippen molar-refractivity contribution in [3.05, 3.63) is 72.2 Å². The molecule has 41 heavy (non-hydrogen) atoms. The van der Waals surface area contributed by atoms with E-state index < -0.39 is 24.6 Å². The SMILES string of the molecule is Cn1cnc(OC(=O)N(Cc2cccc(OC(F)(F)F)c2)CC2C3CN(Cc4ccccc4OC(F)(F)F)CC32)c1. The Morgan fingerprint density at radius 1 is 1.00 bits per heavy atom. The lowest BCUT2D eigenvalue weighted by Crippen LogP contribution is -2.37. The van der Waals surface area contributed by atoms with Crippen LogP contribution in [0.1, 0.15) is 11.1 Å². The Kier molecular flexibility index (Phi) is 7.77. The first-order valence-corrected chi connectivity index (χ1v) is 12.7. The quantitative estimate of drug-likeness (QED) is 0.306. The number of piperidine rings is 1. The van der Waals surface area contributed by atoms with Crippen LogP contribution in [-0.4, -0.2) is 57.8 Å². The van der Waals surface area contributed by atoms with Crippen LogP contribution < -0.4 is 14.2 Å². The number of para-hydroxylation sites is 1. The van der Waals surface area contributed by atoms with Crippen molar-refractivity contribution in [2.75, 3.05) is 19.6 Å². The van der Waals surface area contributed by atoms with Crippen LogP contribution in [0.25, 0.3) is 0 Å². The molecule has 5 rings (SSSR count). The molecule has 2 aliphatic rings. The first-order valence-electron chi connectivity index (χ1n) is 12.7. The Hall–Kier alpha value is -3.94. The van der Waals surface area contributed by atoms with Crippen LogP contribution in [0.3, 0.4) is 0 Å². The number of nitrogens with zero attached hydrogens (tertiary/aromatic N) is 4. The summed E-state index contributed by atoms with van der Waals surface area (Å²) in [6.07, 6.45) is -7.38. The second-order valence-corrected chi connectivity index (χ2v) is 10.2. The molecule has 8 nitrogen and oxygen atoms in total. The van der Waals surface area contributed by atoms with Gasteiger partial charge in [-0.05, 0) is 41.5 Å². The van der Waals surface area contributed by atoms with E-state index in [9.17, 15) is 31.1 Å². The number of ether oxygens (including phenoxy) is 3. The summed E-state index contributed by atoms with van der Waals surface area (Å²) in [6.45, 7) is 1.78. The fourth-order valence-electron chi connectivity index (χ4n) is 5.35. The van der Waals surface area contributed by atoms with Gasteiger partial charge in [0.05, 0.1) is 12.5 Å². The second-order valence-electron chi connectivity index (χ2n) is 10.2. The van der Waals surface area contributed by atoms with E-state index in [2.05, 4.69) is 14.5 Å². The first kappa shape index (κ1) is 28.6. The fraction of sp³-hybridized carbons (Fsp3) is 0.407. The molecule has 0 N–H and O–H groups in total. The third-order valence-corrected chi connectivity index (χ3v) is 7.11. The van der Waals surface area contributed by atoms with Gasteiger partial charge in [-0.25, -0.2) is 9.78 Å². The molecule has 2 atom stereocenters. The number of imidazole rings is 1. The summed E-state index contributed by atoms with van der Waals surface area (Å²) in [7, 11) is 1.71. The van der Waals surface area contributed by atoms with E-state index in [-0.39, 0.29) is 49.0 Å². The van der Waals surface area contributed by atoms with Crippen LogP contribution in [0.2, 0.25) is 0 Å². The van der Waals surface area contributed by atoms with E-state index >= 15 is 0 Å². The number of aromatic nitrogens is 2. The molecule has 1 saturated heterocycles. The largest absolute Gasteiger partial charge is 0.573 e. The average Bonchev–Trinajstić information content (AvgIpc) is 3.15. The van der Waals surface area contributed by atoms with Crippen molar-refractivity contribution in [1.29, 1.82) is 0 Å². The average molecular weight is 585 g/mol. The Balaban J connectivity index is 1.23. The molecule has 1 aromatic heterocycles. The number of hydrogen-bond donors (Lipinski definition) is 0. The molecule has 1 amide bonds. The van der Waals surface area contributed by atoms with Crippen molar-refractivity contribution in [2.24, 2.45) is 24.8 Å². The number of benzene rings is 2. The minimum Gasteiger partial charge on any atom is -0.406 e. The lowest BCUT2D eigenvalue weighted by Gasteiger charge is -2.25. The van der Waals surface area contributed by atoms with Crippen LogP contribution in [0.4, 0.5) is 31.1 Å². The van der Waals surface area contributed by atoms with Gasteiger partial charge in [-0.3, -0.25) is 4.90 Å². The zero-order chi connectivity index (χ0) is 29.4. The highest BCUT2D eigenvalue weighted by atomic mass is 19.4. The molecule has 2 heterocycles. The van der Waals surface area contributed by atoms with Gasteiger partial charge in [0.2, 0.25) is 5.88 Å². The monoisotopic (exact) mass is 584 g/mol. The fourth-order valence-corrected chi connectivity index (χ4v) is 5.35. The van der Waals surface area contributed by atoms with Gasteiger partial charge in [0.25, 0.3) is 0 Å². The van der Waals surface area contributed by atoms with E-state index in [1.165, 1.54) is 47.8 Å². The summed E-state index contributed by atoms with van der Waals surface area (Å²) >= 11 is 0. The predicted molar refractivity (Wildman–Crippen MR) is 132 cm³/mol. The van der Waals surface area contributed by atoms with Gasteiger partial charge in [-0.2, -0.15) is 0 Å². The molecule has 2 aromatic carbocycles. The van der Waals surface area contributed by atoms with E-state index in [1.54, 1.807) is 29.8 Å². The molecular formula is C27H26F6N4O4. The van der Waals surface area contributed by atoms with Crippen LogP contribution in [0.15, 0.2) is 61.1 Å². The second kappa shape index (κ2) is 11.1. The predicted octanol–water partition coefficient (Wildman–Crippen LogP) is 5.60. The summed E-state index contributed by atoms with van der Waals surface area (Å²) in [5, 5.41) is 0. The van der Waals surface area contributed by atoms with Crippen molar-refractivity contribution in [2.45, 2.75) is 25.8 Å². The van der Waals surface area contributed by atoms with Crippen LogP contribution in [0, 0.1) is 17.8 Å². The van der Waals surface area contributed by atoms with Crippen LogP contribution >= 0.6 is 0 Å². The third-order valence-electron chi connectivity index (χ3n) is 7.11. The maximum absolute atomic E-state index is 13.1. The Labute approximate surface area is 231 Å². The van der Waals surface area contributed by atoms with Gasteiger partial charge in [0, 0.05) is 45.3 Å². The smallest absolute Gasteiger partial charge is 0.406 e. The van der Waals surface area contributed by atoms with Crippen LogP contribution in [-0.2, 0) is 20.1 Å². The van der Waals surface area contributed by atoms with Crippen molar-refractivity contribution in [3.8, 4) is 17.4 Å². The maximum Gasteiger partial charge on any atom is 0.573 e. The Bertz CT molecular complexity index is 1370. The number of fused-ring (bicyclic) bond motifs is 1. The van der Waals surface area contributed by atoms with Crippen LogP contribution in [0.5, 0.6) is 17.4 Å². The van der Waals surface area contributed by atoms with E-state index in [4.69, 9.17) is 4.74 Å². The summed E-state index contributed by atoms with van der Waals surface area (Å²) in [5.41, 5.74) is 0.836. The Morgan fingerprint density at radius 2 is 1.71 bits per heavy atom. The molecule has 1 saturated carbocycles. The molecule has 0 spiro atoms. The molecule has 220 valence electrons. The van der Waals surface area contributed by atoms with Gasteiger partial charge in [0.15, 0.2) is 0 Å². The number of amides is 1. The van der Waals surface area contributed by atoms with E-state index in [0.29, 0.717) is 24.2 Å². The van der Waals surface area contributed by atoms with Crippen molar-refractivity contribution in [3.63, 3.8) is 0 Å². The standard InChI is InChI=1S/C27H26F6N4O4/c1-35-15-24(34-16-35)39-25(38)37(10-17-5-4-7-19(9-17)40-26(28,29)30)14-22-20-12-36(13-21(20)22)11-18-6-2-3-8-23(18)41-27(31,32)33/h2-9,15-16,20-22H,10-14H2,1H3. The highest BCUT2D eigenvalue weighted by Crippen LogP contribution is 2.52. The minimum absolute atomic E-state index is 0.0253. The van der Waals surface area contributed by atoms with Gasteiger partial charge < -0.3 is 23.7 Å². The number of aryl methyl sites for hydroxylation is 1. The highest BCUT2D eigenvalue weighted by molar-refractivity contribution is 5.70. The zero-order valence-corrected chi connectivity index (χ0v) is 21.7. The highest BCUT2D eigenvalue weighted by Gasteiger charge is 2.56. The molecule has 2 fully saturated rings. The van der Waals surface area contributed by atoms with E-state index in [0.717, 1.165) is 0 Å². The zero-order valence-electron chi connectivity index (χ0n) is 21.7. The lowest BCUT2D eigenvalue weighted by atomic mass is 10.1. The molecule has 1 aliphatic heterocycles. The van der Waals surface area contributed by atoms with Gasteiger partial charge in [-0.1, -0.05) is 30.3 Å². The van der Waals surface area contributed by atoms with Gasteiger partial charge in [0.1, 0.15) is 11.5 Å². The normalized spacial score (nSPS) is 20.4. The first-order chi connectivity index (χ1) is 19.3. The number of likely N-dealkylation sites (tertiary alicyclic amines) is 1. The molecule has 1 aliphatic carbocycles. The molecule has 0 radical (unpaired) electrons. The summed E-state index contributed by atoms with van der Waals surface area (Å²) in [4.78, 5) is 20.6. The van der Waals surface area contributed by atoms with Gasteiger partial charge in [-0.15, -0.1) is 26.3 Å². The summed E-state index contributed by atoms with van der Waals surface area (Å²) < 4.78 is 91.7.